The summed E-state index contributed by atoms with van der Waals surface area (Å²) in [7, 11) is 3.49. The Morgan fingerprint density at radius 1 is 1.28 bits per heavy atom. The lowest BCUT2D eigenvalue weighted by Gasteiger charge is -2.16. The first kappa shape index (κ1) is 17.4. The number of anilines is 1. The molecule has 0 spiro atoms. The van der Waals surface area contributed by atoms with E-state index >= 15 is 0 Å². The Balaban J connectivity index is 1.59. The average Bonchev–Trinajstić information content (AvgIpc) is 3.02. The molecular formula is C17H19N5O2S. The highest BCUT2D eigenvalue weighted by Gasteiger charge is 2.12. The number of pyridine rings is 1. The molecule has 0 fully saturated rings. The Morgan fingerprint density at radius 3 is 2.96 bits per heavy atom. The largest absolute Gasteiger partial charge is 0.377 e. The number of nitrogens with zero attached hydrogens (tertiary/aromatic N) is 4. The molecule has 1 amide bonds. The Labute approximate surface area is 149 Å². The number of ether oxygens (including phenoxy) is 1. The van der Waals surface area contributed by atoms with Crippen molar-refractivity contribution in [1.29, 1.82) is 0 Å². The maximum absolute atomic E-state index is 12.2. The third-order valence-electron chi connectivity index (χ3n) is 3.55. The van der Waals surface area contributed by atoms with Gasteiger partial charge in [0.2, 0.25) is 11.0 Å². The second-order valence-electron chi connectivity index (χ2n) is 5.65. The summed E-state index contributed by atoms with van der Waals surface area (Å²) in [5.41, 5.74) is 2.05. The van der Waals surface area contributed by atoms with Crippen molar-refractivity contribution in [1.82, 2.24) is 20.1 Å². The maximum atomic E-state index is 12.2. The van der Waals surface area contributed by atoms with Gasteiger partial charge in [0.1, 0.15) is 11.6 Å². The summed E-state index contributed by atoms with van der Waals surface area (Å²) < 4.78 is 4.99. The highest BCUT2D eigenvalue weighted by atomic mass is 32.1. The zero-order valence-electron chi connectivity index (χ0n) is 14.1. The molecule has 0 aliphatic rings. The monoisotopic (exact) mass is 357 g/mol. The van der Waals surface area contributed by atoms with Crippen LogP contribution in [0.2, 0.25) is 0 Å². The number of hydrogen-bond donors (Lipinski definition) is 1. The van der Waals surface area contributed by atoms with E-state index in [1.165, 1.54) is 11.3 Å². The van der Waals surface area contributed by atoms with Gasteiger partial charge in [-0.1, -0.05) is 35.6 Å². The number of likely N-dealkylation sites (N-methyl/N-ethyl adjacent to an activating group) is 1. The number of aromatic nitrogens is 3. The minimum absolute atomic E-state index is 0.129. The Kier molecular flexibility index (Phi) is 5.64. The molecule has 1 aromatic carbocycles. The predicted molar refractivity (Wildman–Crippen MR) is 97.3 cm³/mol. The number of hydrogen-bond acceptors (Lipinski definition) is 7. The van der Waals surface area contributed by atoms with E-state index in [-0.39, 0.29) is 12.5 Å². The highest BCUT2D eigenvalue weighted by Crippen LogP contribution is 2.18. The first-order valence-corrected chi connectivity index (χ1v) is 8.59. The molecule has 1 N–H and O–H groups in total. The molecule has 0 saturated carbocycles. The van der Waals surface area contributed by atoms with Crippen LogP contribution in [0.4, 0.5) is 5.13 Å². The lowest BCUT2D eigenvalue weighted by molar-refractivity contribution is -0.117. The van der Waals surface area contributed by atoms with Crippen LogP contribution in [-0.4, -0.2) is 46.7 Å². The molecule has 0 saturated heterocycles. The molecule has 2 aromatic heterocycles. The summed E-state index contributed by atoms with van der Waals surface area (Å²) in [6.45, 7) is 1.27. The van der Waals surface area contributed by atoms with E-state index in [2.05, 4.69) is 20.5 Å². The van der Waals surface area contributed by atoms with E-state index in [4.69, 9.17) is 4.74 Å². The smallest absolute Gasteiger partial charge is 0.240 e. The zero-order valence-corrected chi connectivity index (χ0v) is 14.9. The zero-order chi connectivity index (χ0) is 17.6. The minimum atomic E-state index is -0.129. The van der Waals surface area contributed by atoms with Gasteiger partial charge in [0.25, 0.3) is 0 Å². The fourth-order valence-corrected chi connectivity index (χ4v) is 3.26. The molecule has 25 heavy (non-hydrogen) atoms. The van der Waals surface area contributed by atoms with E-state index in [1.54, 1.807) is 13.3 Å². The van der Waals surface area contributed by atoms with Crippen LogP contribution in [0.3, 0.4) is 0 Å². The normalized spacial score (nSPS) is 11.2. The van der Waals surface area contributed by atoms with Crippen molar-refractivity contribution in [3.63, 3.8) is 0 Å². The average molecular weight is 357 g/mol. The van der Waals surface area contributed by atoms with E-state index in [0.29, 0.717) is 18.3 Å². The molecule has 0 unspecified atom stereocenters. The summed E-state index contributed by atoms with van der Waals surface area (Å²) in [6, 6.07) is 10.0. The summed E-state index contributed by atoms with van der Waals surface area (Å²) in [4.78, 5) is 18.6. The summed E-state index contributed by atoms with van der Waals surface area (Å²) in [6.07, 6.45) is 1.78. The first-order valence-electron chi connectivity index (χ1n) is 7.78. The standard InChI is InChI=1S/C17H19N5O2S/c1-22(9-13-6-3-5-12-7-4-8-18-16(12)13)10-14(23)19-17-21-20-15(25-17)11-24-2/h3-8H,9-11H2,1-2H3,(H,19,21,23). The Hall–Kier alpha value is -2.42. The number of amides is 1. The van der Waals surface area contributed by atoms with Gasteiger partial charge in [-0.2, -0.15) is 0 Å². The van der Waals surface area contributed by atoms with Crippen LogP contribution >= 0.6 is 11.3 Å². The summed E-state index contributed by atoms with van der Waals surface area (Å²) in [5, 5.41) is 13.0. The number of benzene rings is 1. The van der Waals surface area contributed by atoms with Gasteiger partial charge >= 0.3 is 0 Å². The first-order chi connectivity index (χ1) is 12.2. The minimum Gasteiger partial charge on any atom is -0.377 e. The molecule has 0 atom stereocenters. The summed E-state index contributed by atoms with van der Waals surface area (Å²) in [5.74, 6) is -0.129. The summed E-state index contributed by atoms with van der Waals surface area (Å²) >= 11 is 1.31. The van der Waals surface area contributed by atoms with Gasteiger partial charge in [0, 0.05) is 25.2 Å². The second-order valence-corrected chi connectivity index (χ2v) is 6.71. The number of fused-ring (bicyclic) bond motifs is 1. The van der Waals surface area contributed by atoms with E-state index < -0.39 is 0 Å². The Morgan fingerprint density at radius 2 is 2.12 bits per heavy atom. The molecule has 0 bridgehead atoms. The predicted octanol–water partition coefficient (Wildman–Crippen LogP) is 2.30. The van der Waals surface area contributed by atoms with Crippen molar-refractivity contribution in [2.45, 2.75) is 13.2 Å². The van der Waals surface area contributed by atoms with E-state index in [9.17, 15) is 4.79 Å². The van der Waals surface area contributed by atoms with Crippen molar-refractivity contribution >= 4 is 33.3 Å². The lowest BCUT2D eigenvalue weighted by Crippen LogP contribution is -2.29. The van der Waals surface area contributed by atoms with Crippen LogP contribution in [0.15, 0.2) is 36.5 Å². The molecule has 0 aliphatic heterocycles. The van der Waals surface area contributed by atoms with Gasteiger partial charge in [0.05, 0.1) is 12.1 Å². The lowest BCUT2D eigenvalue weighted by atomic mass is 10.1. The fraction of sp³-hybridized carbons (Fsp3) is 0.294. The van der Waals surface area contributed by atoms with Gasteiger partial charge in [-0.15, -0.1) is 10.2 Å². The van der Waals surface area contributed by atoms with Crippen molar-refractivity contribution in [2.24, 2.45) is 0 Å². The Bertz CT molecular complexity index is 862. The van der Waals surface area contributed by atoms with E-state index in [0.717, 1.165) is 21.5 Å². The van der Waals surface area contributed by atoms with Gasteiger partial charge in [-0.05, 0) is 18.7 Å². The number of nitrogens with one attached hydrogen (secondary N) is 1. The number of methoxy groups -OCH3 is 1. The molecule has 3 aromatic rings. The number of rotatable bonds is 7. The molecule has 2 heterocycles. The second kappa shape index (κ2) is 8.11. The molecule has 0 aliphatic carbocycles. The van der Waals surface area contributed by atoms with Crippen molar-refractivity contribution in [2.75, 3.05) is 26.0 Å². The van der Waals surface area contributed by atoms with Crippen LogP contribution < -0.4 is 5.32 Å². The number of carbonyl (C=O) groups excluding carboxylic acids is 1. The third-order valence-corrected chi connectivity index (χ3v) is 4.36. The molecule has 3 rings (SSSR count). The molecular weight excluding hydrogens is 338 g/mol. The molecule has 8 heteroatoms. The van der Waals surface area contributed by atoms with Gasteiger partial charge in [-0.25, -0.2) is 0 Å². The van der Waals surface area contributed by atoms with Gasteiger partial charge < -0.3 is 4.74 Å². The third kappa shape index (κ3) is 4.56. The van der Waals surface area contributed by atoms with Crippen LogP contribution in [0.1, 0.15) is 10.6 Å². The maximum Gasteiger partial charge on any atom is 0.240 e. The van der Waals surface area contributed by atoms with Gasteiger partial charge in [-0.3, -0.25) is 20.0 Å². The van der Waals surface area contributed by atoms with Crippen LogP contribution in [-0.2, 0) is 22.7 Å². The topological polar surface area (TPSA) is 80.2 Å². The van der Waals surface area contributed by atoms with Crippen molar-refractivity contribution in [3.8, 4) is 0 Å². The number of para-hydroxylation sites is 1. The fourth-order valence-electron chi connectivity index (χ4n) is 2.53. The van der Waals surface area contributed by atoms with E-state index in [1.807, 2.05) is 42.3 Å². The van der Waals surface area contributed by atoms with Crippen LogP contribution in [0.25, 0.3) is 10.9 Å². The SMILES string of the molecule is COCc1nnc(NC(=O)CN(C)Cc2cccc3cccnc23)s1. The van der Waals surface area contributed by atoms with Crippen LogP contribution in [0, 0.1) is 0 Å². The van der Waals surface area contributed by atoms with Crippen molar-refractivity contribution in [3.05, 3.63) is 47.1 Å². The van der Waals surface area contributed by atoms with Gasteiger partial charge in [0.15, 0.2) is 0 Å². The number of carbonyl (C=O) groups is 1. The molecule has 130 valence electrons. The molecule has 7 nitrogen and oxygen atoms in total. The highest BCUT2D eigenvalue weighted by molar-refractivity contribution is 7.15. The quantitative estimate of drug-likeness (QED) is 0.699. The molecule has 0 radical (unpaired) electrons. The van der Waals surface area contributed by atoms with Crippen molar-refractivity contribution < 1.29 is 9.53 Å². The van der Waals surface area contributed by atoms with Crippen LogP contribution in [0.5, 0.6) is 0 Å².